The Morgan fingerprint density at radius 3 is 2.58 bits per heavy atom. The molecule has 2 aromatic carbocycles. The highest BCUT2D eigenvalue weighted by molar-refractivity contribution is 7.18. The summed E-state index contributed by atoms with van der Waals surface area (Å²) < 4.78 is 5.87. The fourth-order valence-corrected chi connectivity index (χ4v) is 3.18. The van der Waals surface area contributed by atoms with Crippen LogP contribution in [0.15, 0.2) is 48.5 Å². The van der Waals surface area contributed by atoms with Gasteiger partial charge in [-0.1, -0.05) is 54.7 Å². The third-order valence-corrected chi connectivity index (χ3v) is 4.98. The second kappa shape index (κ2) is 8.10. The van der Waals surface area contributed by atoms with Crippen molar-refractivity contribution in [3.63, 3.8) is 0 Å². The Labute approximate surface area is 157 Å². The van der Waals surface area contributed by atoms with Gasteiger partial charge in [-0.15, -0.1) is 10.2 Å². The normalized spacial score (nSPS) is 11.8. The van der Waals surface area contributed by atoms with Crippen molar-refractivity contribution in [1.29, 1.82) is 0 Å². The van der Waals surface area contributed by atoms with Crippen molar-refractivity contribution in [2.24, 2.45) is 0 Å². The molecule has 0 aliphatic heterocycles. The van der Waals surface area contributed by atoms with E-state index in [1.54, 1.807) is 0 Å². The molecule has 134 valence electrons. The van der Waals surface area contributed by atoms with Crippen LogP contribution in [0.3, 0.4) is 0 Å². The molecule has 3 aromatic rings. The number of aryl methyl sites for hydroxylation is 2. The van der Waals surface area contributed by atoms with Gasteiger partial charge in [-0.3, -0.25) is 10.1 Å². The first-order chi connectivity index (χ1) is 12.6. The molecule has 0 bridgehead atoms. The molecule has 1 atom stereocenters. The van der Waals surface area contributed by atoms with Crippen molar-refractivity contribution < 1.29 is 9.53 Å². The monoisotopic (exact) mass is 367 g/mol. The molecule has 1 heterocycles. The van der Waals surface area contributed by atoms with Gasteiger partial charge in [0.05, 0.1) is 0 Å². The van der Waals surface area contributed by atoms with Crippen molar-refractivity contribution in [3.05, 3.63) is 59.7 Å². The summed E-state index contributed by atoms with van der Waals surface area (Å²) in [6, 6.07) is 15.6. The average molecular weight is 367 g/mol. The number of hydrogen-bond acceptors (Lipinski definition) is 5. The van der Waals surface area contributed by atoms with Gasteiger partial charge in [0.2, 0.25) is 5.13 Å². The molecule has 6 heteroatoms. The lowest BCUT2D eigenvalue weighted by Crippen LogP contribution is -2.32. The number of carbonyl (C=O) groups is 1. The van der Waals surface area contributed by atoms with Crippen LogP contribution < -0.4 is 10.1 Å². The lowest BCUT2D eigenvalue weighted by molar-refractivity contribution is -0.122. The molecule has 0 radical (unpaired) electrons. The molecular formula is C20H21N3O2S. The zero-order valence-corrected chi connectivity index (χ0v) is 15.8. The molecule has 0 saturated heterocycles. The number of amides is 1. The van der Waals surface area contributed by atoms with E-state index >= 15 is 0 Å². The van der Waals surface area contributed by atoms with Crippen molar-refractivity contribution in [3.8, 4) is 16.3 Å². The van der Waals surface area contributed by atoms with Gasteiger partial charge in [0.1, 0.15) is 10.8 Å². The van der Waals surface area contributed by atoms with Crippen LogP contribution in [0.1, 0.15) is 24.5 Å². The van der Waals surface area contributed by atoms with Crippen molar-refractivity contribution in [2.75, 3.05) is 5.32 Å². The number of rotatable bonds is 6. The summed E-state index contributed by atoms with van der Waals surface area (Å²) in [7, 11) is 0. The summed E-state index contributed by atoms with van der Waals surface area (Å²) in [5.74, 6) is 0.471. The molecular weight excluding hydrogens is 346 g/mol. The number of anilines is 1. The minimum absolute atomic E-state index is 0.221. The number of nitrogens with one attached hydrogen (secondary N) is 1. The predicted molar refractivity (Wildman–Crippen MR) is 105 cm³/mol. The average Bonchev–Trinajstić information content (AvgIpc) is 3.11. The third-order valence-electron chi connectivity index (χ3n) is 4.10. The Morgan fingerprint density at radius 2 is 1.88 bits per heavy atom. The maximum Gasteiger partial charge on any atom is 0.267 e. The molecule has 3 rings (SSSR count). The van der Waals surface area contributed by atoms with Crippen LogP contribution in [0.25, 0.3) is 10.6 Å². The van der Waals surface area contributed by atoms with Crippen LogP contribution in [-0.2, 0) is 4.79 Å². The third kappa shape index (κ3) is 4.26. The van der Waals surface area contributed by atoms with Gasteiger partial charge in [-0.05, 0) is 43.5 Å². The van der Waals surface area contributed by atoms with Gasteiger partial charge in [0.15, 0.2) is 6.10 Å². The van der Waals surface area contributed by atoms with E-state index < -0.39 is 6.10 Å². The summed E-state index contributed by atoms with van der Waals surface area (Å²) in [4.78, 5) is 12.5. The maximum absolute atomic E-state index is 12.5. The smallest absolute Gasteiger partial charge is 0.267 e. The summed E-state index contributed by atoms with van der Waals surface area (Å²) >= 11 is 1.34. The number of ether oxygens (including phenoxy) is 1. The Bertz CT molecular complexity index is 893. The van der Waals surface area contributed by atoms with Gasteiger partial charge < -0.3 is 4.74 Å². The van der Waals surface area contributed by atoms with E-state index in [1.807, 2.05) is 69.3 Å². The lowest BCUT2D eigenvalue weighted by Gasteiger charge is -2.17. The molecule has 26 heavy (non-hydrogen) atoms. The van der Waals surface area contributed by atoms with Gasteiger partial charge in [0.25, 0.3) is 5.91 Å². The Hall–Kier alpha value is -2.73. The van der Waals surface area contributed by atoms with Crippen LogP contribution in [0.4, 0.5) is 5.13 Å². The van der Waals surface area contributed by atoms with E-state index in [4.69, 9.17) is 4.74 Å². The topological polar surface area (TPSA) is 64.1 Å². The summed E-state index contributed by atoms with van der Waals surface area (Å²) in [6.07, 6.45) is -0.0236. The number of benzene rings is 2. The van der Waals surface area contributed by atoms with Crippen LogP contribution >= 0.6 is 11.3 Å². The highest BCUT2D eigenvalue weighted by Gasteiger charge is 2.20. The van der Waals surface area contributed by atoms with E-state index in [-0.39, 0.29) is 5.91 Å². The van der Waals surface area contributed by atoms with Crippen molar-refractivity contribution in [2.45, 2.75) is 33.3 Å². The second-order valence-electron chi connectivity index (χ2n) is 6.03. The Kier molecular flexibility index (Phi) is 5.63. The first-order valence-corrected chi connectivity index (χ1v) is 9.32. The molecule has 0 saturated carbocycles. The zero-order chi connectivity index (χ0) is 18.5. The van der Waals surface area contributed by atoms with E-state index in [0.29, 0.717) is 17.3 Å². The van der Waals surface area contributed by atoms with Crippen LogP contribution in [-0.4, -0.2) is 22.2 Å². The summed E-state index contributed by atoms with van der Waals surface area (Å²) in [6.45, 7) is 5.99. The number of carbonyl (C=O) groups excluding carboxylic acids is 1. The number of aromatic nitrogens is 2. The lowest BCUT2D eigenvalue weighted by atomic mass is 10.1. The summed E-state index contributed by atoms with van der Waals surface area (Å²) in [5.41, 5.74) is 3.30. The fourth-order valence-electron chi connectivity index (χ4n) is 2.43. The quantitative estimate of drug-likeness (QED) is 0.690. The van der Waals surface area contributed by atoms with Gasteiger partial charge >= 0.3 is 0 Å². The highest BCUT2D eigenvalue weighted by atomic mass is 32.1. The molecule has 1 unspecified atom stereocenters. The molecule has 0 spiro atoms. The molecule has 0 fully saturated rings. The predicted octanol–water partition coefficient (Wildman–Crippen LogP) is 4.62. The largest absolute Gasteiger partial charge is 0.481 e. The van der Waals surface area contributed by atoms with Crippen LogP contribution in [0.5, 0.6) is 5.75 Å². The first-order valence-electron chi connectivity index (χ1n) is 8.50. The van der Waals surface area contributed by atoms with Gasteiger partial charge in [-0.25, -0.2) is 0 Å². The van der Waals surface area contributed by atoms with Gasteiger partial charge in [0, 0.05) is 5.56 Å². The molecule has 0 aliphatic carbocycles. The standard InChI is InChI=1S/C20H21N3O2S/c1-4-17(25-16-11-10-13(2)14(3)12-16)18(24)21-20-23-22-19(26-20)15-8-6-5-7-9-15/h5-12,17H,4H2,1-3H3,(H,21,23,24). The first kappa shape index (κ1) is 18.1. The van der Waals surface area contributed by atoms with Crippen molar-refractivity contribution in [1.82, 2.24) is 10.2 Å². The Morgan fingerprint density at radius 1 is 1.12 bits per heavy atom. The molecule has 1 amide bonds. The minimum Gasteiger partial charge on any atom is -0.481 e. The van der Waals surface area contributed by atoms with E-state index in [1.165, 1.54) is 16.9 Å². The SMILES string of the molecule is CCC(Oc1ccc(C)c(C)c1)C(=O)Nc1nnc(-c2ccccc2)s1. The Balaban J connectivity index is 1.67. The van der Waals surface area contributed by atoms with Crippen LogP contribution in [0.2, 0.25) is 0 Å². The minimum atomic E-state index is -0.582. The highest BCUT2D eigenvalue weighted by Crippen LogP contribution is 2.26. The zero-order valence-electron chi connectivity index (χ0n) is 15.0. The molecule has 1 aromatic heterocycles. The van der Waals surface area contributed by atoms with E-state index in [0.717, 1.165) is 16.1 Å². The van der Waals surface area contributed by atoms with Gasteiger partial charge in [-0.2, -0.15) is 0 Å². The fraction of sp³-hybridized carbons (Fsp3) is 0.250. The molecule has 0 aliphatic rings. The van der Waals surface area contributed by atoms with E-state index in [9.17, 15) is 4.79 Å². The molecule has 5 nitrogen and oxygen atoms in total. The maximum atomic E-state index is 12.5. The molecule has 1 N–H and O–H groups in total. The number of nitrogens with zero attached hydrogens (tertiary/aromatic N) is 2. The van der Waals surface area contributed by atoms with Crippen molar-refractivity contribution >= 4 is 22.4 Å². The summed E-state index contributed by atoms with van der Waals surface area (Å²) in [5, 5.41) is 12.3. The van der Waals surface area contributed by atoms with E-state index in [2.05, 4.69) is 15.5 Å². The number of hydrogen-bond donors (Lipinski definition) is 1. The van der Waals surface area contributed by atoms with Crippen LogP contribution in [0, 0.1) is 13.8 Å². The second-order valence-corrected chi connectivity index (χ2v) is 7.01.